The topological polar surface area (TPSA) is 84.0 Å². The molecule has 3 aromatic carbocycles. The smallest absolute Gasteiger partial charge is 0.316 e. The van der Waals surface area contributed by atoms with Crippen LogP contribution in [-0.4, -0.2) is 30.2 Å². The number of nitrogens with zero attached hydrogens (tertiary/aromatic N) is 2. The molecule has 1 atom stereocenters. The van der Waals surface area contributed by atoms with E-state index in [2.05, 4.69) is 0 Å². The number of rotatable bonds is 4. The number of ether oxygens (including phenoxy) is 1. The van der Waals surface area contributed by atoms with Crippen LogP contribution in [0, 0.1) is 12.8 Å². The van der Waals surface area contributed by atoms with Crippen molar-refractivity contribution in [3.8, 4) is 5.75 Å². The van der Waals surface area contributed by atoms with Crippen molar-refractivity contribution in [2.24, 2.45) is 5.92 Å². The molecule has 200 valence electrons. The lowest BCUT2D eigenvalue weighted by Crippen LogP contribution is -2.30. The Hall–Kier alpha value is -2.52. The van der Waals surface area contributed by atoms with Gasteiger partial charge >= 0.3 is 5.97 Å². The van der Waals surface area contributed by atoms with E-state index in [1.807, 2.05) is 0 Å². The number of hydrogen-bond donors (Lipinski definition) is 0. The molecule has 2 aliphatic rings. The van der Waals surface area contributed by atoms with E-state index in [0.29, 0.717) is 11.3 Å². The molecule has 0 aromatic heterocycles. The maximum Gasteiger partial charge on any atom is 0.316 e. The molecule has 7 nitrogen and oxygen atoms in total. The first-order chi connectivity index (χ1) is 18.4. The van der Waals surface area contributed by atoms with Gasteiger partial charge in [0.2, 0.25) is 5.91 Å². The number of amides is 3. The Kier molecular flexibility index (Phi) is 7.52. The third kappa shape index (κ3) is 4.65. The molecule has 0 N–H and O–H groups in total. The number of anilines is 2. The van der Waals surface area contributed by atoms with Gasteiger partial charge in [-0.3, -0.25) is 19.2 Å². The summed E-state index contributed by atoms with van der Waals surface area (Å²) >= 11 is 36.9. The molecule has 0 unspecified atom stereocenters. The first kappa shape index (κ1) is 28.0. The van der Waals surface area contributed by atoms with Gasteiger partial charge in [-0.2, -0.15) is 0 Å². The summed E-state index contributed by atoms with van der Waals surface area (Å²) in [7, 11) is 0. The second kappa shape index (κ2) is 10.5. The molecule has 39 heavy (non-hydrogen) atoms. The highest BCUT2D eigenvalue weighted by atomic mass is 35.5. The van der Waals surface area contributed by atoms with Gasteiger partial charge in [-0.05, 0) is 42.8 Å². The monoisotopic (exact) mass is 644 g/mol. The van der Waals surface area contributed by atoms with E-state index in [4.69, 9.17) is 74.3 Å². The number of imide groups is 1. The molecule has 0 radical (unpaired) electrons. The van der Waals surface area contributed by atoms with Crippen molar-refractivity contribution < 1.29 is 23.9 Å². The van der Waals surface area contributed by atoms with E-state index >= 15 is 0 Å². The number of esters is 1. The molecule has 1 saturated heterocycles. The number of carbonyl (C=O) groups excluding carboxylic acids is 4. The SMILES string of the molecule is Cc1cc(OC(=O)[C@@H]2CC(=O)N(c3cccc(Cl)c3Cl)C2)ccc1N1C(=O)c2c(Cl)c(Cl)c(Cl)c(Cl)c2C1=O. The van der Waals surface area contributed by atoms with Crippen LogP contribution in [0.1, 0.15) is 32.7 Å². The molecule has 2 aliphatic heterocycles. The van der Waals surface area contributed by atoms with Crippen molar-refractivity contribution in [1.82, 2.24) is 0 Å². The van der Waals surface area contributed by atoms with Gasteiger partial charge in [-0.25, -0.2) is 4.90 Å². The van der Waals surface area contributed by atoms with Gasteiger partial charge in [-0.15, -0.1) is 0 Å². The van der Waals surface area contributed by atoms with Crippen LogP contribution in [0.5, 0.6) is 5.75 Å². The first-order valence-electron chi connectivity index (χ1n) is 11.2. The standard InChI is InChI=1S/C26H14Cl6N2O5/c1-10-7-12(39-26(38)11-8-16(35)33(9-11)15-4-2-3-13(27)19(15)28)5-6-14(10)34-24(36)17-18(25(34)37)21(30)23(32)22(31)20(17)29/h2-7,11H,8-9H2,1H3/t11-/m1/s1. The van der Waals surface area contributed by atoms with E-state index in [1.54, 1.807) is 25.1 Å². The highest BCUT2D eigenvalue weighted by molar-refractivity contribution is 6.56. The molecule has 0 spiro atoms. The summed E-state index contributed by atoms with van der Waals surface area (Å²) in [5.41, 5.74) is 0.776. The highest BCUT2D eigenvalue weighted by Gasteiger charge is 2.43. The zero-order chi connectivity index (χ0) is 28.3. The van der Waals surface area contributed by atoms with Crippen molar-refractivity contribution in [3.63, 3.8) is 0 Å². The third-order valence-electron chi connectivity index (χ3n) is 6.41. The van der Waals surface area contributed by atoms with Crippen LogP contribution in [0.25, 0.3) is 0 Å². The molecular formula is C26H14Cl6N2O5. The van der Waals surface area contributed by atoms with Gasteiger partial charge in [0.15, 0.2) is 0 Å². The van der Waals surface area contributed by atoms with Crippen LogP contribution in [0.15, 0.2) is 36.4 Å². The third-order valence-corrected chi connectivity index (χ3v) is 9.02. The Morgan fingerprint density at radius 1 is 0.821 bits per heavy atom. The average molecular weight is 647 g/mol. The predicted octanol–water partition coefficient (Wildman–Crippen LogP) is 7.67. The minimum atomic E-state index is -0.748. The van der Waals surface area contributed by atoms with Crippen molar-refractivity contribution in [2.75, 3.05) is 16.3 Å². The number of fused-ring (bicyclic) bond motifs is 1. The maximum atomic E-state index is 13.2. The van der Waals surface area contributed by atoms with Gasteiger partial charge in [-0.1, -0.05) is 75.7 Å². The second-order valence-corrected chi connectivity index (χ2v) is 11.1. The number of aryl methyl sites for hydroxylation is 1. The normalized spacial score (nSPS) is 16.8. The quantitative estimate of drug-likeness (QED) is 0.0955. The van der Waals surface area contributed by atoms with Crippen LogP contribution in [0.4, 0.5) is 11.4 Å². The number of halogens is 6. The molecule has 3 amide bonds. The van der Waals surface area contributed by atoms with Crippen molar-refractivity contribution in [3.05, 3.63) is 83.2 Å². The van der Waals surface area contributed by atoms with Crippen LogP contribution in [0.3, 0.4) is 0 Å². The van der Waals surface area contributed by atoms with Gasteiger partial charge in [0, 0.05) is 13.0 Å². The highest BCUT2D eigenvalue weighted by Crippen LogP contribution is 2.46. The van der Waals surface area contributed by atoms with E-state index in [0.717, 1.165) is 4.90 Å². The molecule has 2 heterocycles. The Morgan fingerprint density at radius 3 is 2.03 bits per heavy atom. The summed E-state index contributed by atoms with van der Waals surface area (Å²) in [6.07, 6.45) is -0.0690. The molecule has 0 aliphatic carbocycles. The van der Waals surface area contributed by atoms with Gasteiger partial charge in [0.05, 0.1) is 58.6 Å². The lowest BCUT2D eigenvalue weighted by atomic mass is 10.1. The van der Waals surface area contributed by atoms with Gasteiger partial charge < -0.3 is 9.64 Å². The average Bonchev–Trinajstić information content (AvgIpc) is 3.40. The summed E-state index contributed by atoms with van der Waals surface area (Å²) in [6.45, 7) is 1.69. The van der Waals surface area contributed by atoms with E-state index in [-0.39, 0.29) is 71.6 Å². The zero-order valence-electron chi connectivity index (χ0n) is 19.7. The van der Waals surface area contributed by atoms with Crippen LogP contribution in [0.2, 0.25) is 30.1 Å². The number of carbonyl (C=O) groups is 4. The summed E-state index contributed by atoms with van der Waals surface area (Å²) < 4.78 is 5.53. The molecule has 5 rings (SSSR count). The van der Waals surface area contributed by atoms with Crippen LogP contribution >= 0.6 is 69.6 Å². The number of benzene rings is 3. The summed E-state index contributed by atoms with van der Waals surface area (Å²) in [4.78, 5) is 54.2. The van der Waals surface area contributed by atoms with E-state index in [1.165, 1.54) is 23.1 Å². The van der Waals surface area contributed by atoms with Crippen LogP contribution < -0.4 is 14.5 Å². The fourth-order valence-corrected chi connectivity index (χ4v) is 5.92. The Bertz CT molecular complexity index is 1580. The fraction of sp³-hybridized carbons (Fsp3) is 0.154. The van der Waals surface area contributed by atoms with Crippen LogP contribution in [-0.2, 0) is 9.59 Å². The second-order valence-electron chi connectivity index (χ2n) is 8.80. The fourth-order valence-electron chi connectivity index (χ4n) is 4.51. The predicted molar refractivity (Wildman–Crippen MR) is 151 cm³/mol. The molecule has 3 aromatic rings. The van der Waals surface area contributed by atoms with Gasteiger partial charge in [0.1, 0.15) is 5.75 Å². The van der Waals surface area contributed by atoms with Crippen molar-refractivity contribution >= 4 is 105 Å². The van der Waals surface area contributed by atoms with Gasteiger partial charge in [0.25, 0.3) is 11.8 Å². The Labute approximate surface area is 252 Å². The molecule has 1 fully saturated rings. The largest absolute Gasteiger partial charge is 0.426 e. The summed E-state index contributed by atoms with van der Waals surface area (Å²) in [5, 5.41) is -0.115. The number of hydrogen-bond acceptors (Lipinski definition) is 5. The summed E-state index contributed by atoms with van der Waals surface area (Å²) in [6, 6.07) is 9.26. The molecular weight excluding hydrogens is 633 g/mol. The lowest BCUT2D eigenvalue weighted by molar-refractivity contribution is -0.139. The lowest BCUT2D eigenvalue weighted by Gasteiger charge is -2.19. The minimum Gasteiger partial charge on any atom is -0.426 e. The maximum absolute atomic E-state index is 13.2. The molecule has 13 heteroatoms. The first-order valence-corrected chi connectivity index (χ1v) is 13.5. The van der Waals surface area contributed by atoms with Crippen molar-refractivity contribution in [2.45, 2.75) is 13.3 Å². The molecule has 0 saturated carbocycles. The minimum absolute atomic E-state index is 0.0659. The summed E-state index contributed by atoms with van der Waals surface area (Å²) in [5.74, 6) is -2.96. The Morgan fingerprint density at radius 2 is 1.44 bits per heavy atom. The van der Waals surface area contributed by atoms with Crippen molar-refractivity contribution in [1.29, 1.82) is 0 Å². The zero-order valence-corrected chi connectivity index (χ0v) is 24.2. The van der Waals surface area contributed by atoms with E-state index < -0.39 is 23.7 Å². The Balaban J connectivity index is 1.35. The van der Waals surface area contributed by atoms with E-state index in [9.17, 15) is 19.2 Å². The molecule has 0 bridgehead atoms.